The van der Waals surface area contributed by atoms with Crippen molar-refractivity contribution in [2.24, 2.45) is 0 Å². The van der Waals surface area contributed by atoms with Crippen LogP contribution in [0.1, 0.15) is 10.4 Å². The van der Waals surface area contributed by atoms with Crippen molar-refractivity contribution in [3.8, 4) is 11.5 Å². The molecule has 3 aromatic rings. The Bertz CT molecular complexity index is 1010. The van der Waals surface area contributed by atoms with E-state index >= 15 is 0 Å². The van der Waals surface area contributed by atoms with Crippen LogP contribution in [-0.4, -0.2) is 59.9 Å². The second-order valence-electron chi connectivity index (χ2n) is 5.95. The number of sulfonamides is 1. The summed E-state index contributed by atoms with van der Waals surface area (Å²) in [5.74, 6) is 0.265. The third-order valence-electron chi connectivity index (χ3n) is 4.35. The van der Waals surface area contributed by atoms with Gasteiger partial charge in [0.15, 0.2) is 0 Å². The van der Waals surface area contributed by atoms with E-state index in [0.29, 0.717) is 28.8 Å². The van der Waals surface area contributed by atoms with Crippen LogP contribution < -0.4 is 0 Å². The lowest BCUT2D eigenvalue weighted by molar-refractivity contribution is 0.0698. The molecule has 1 amide bonds. The largest absolute Gasteiger partial charge is 0.423 e. The van der Waals surface area contributed by atoms with Crippen LogP contribution in [0.4, 0.5) is 0 Å². The first-order valence-corrected chi connectivity index (χ1v) is 10.6. The zero-order valence-electron chi connectivity index (χ0n) is 14.2. The molecule has 1 aromatic carbocycles. The summed E-state index contributed by atoms with van der Waals surface area (Å²) in [6.45, 7) is 1.28. The highest BCUT2D eigenvalue weighted by molar-refractivity contribution is 7.91. The van der Waals surface area contributed by atoms with E-state index in [0.717, 1.165) is 5.56 Å². The third-order valence-corrected chi connectivity index (χ3v) is 7.63. The van der Waals surface area contributed by atoms with E-state index in [1.807, 2.05) is 0 Å². The maximum atomic E-state index is 12.7. The summed E-state index contributed by atoms with van der Waals surface area (Å²) >= 11 is 1.20. The van der Waals surface area contributed by atoms with Gasteiger partial charge in [0.05, 0.1) is 0 Å². The number of hydrogen-bond acceptors (Lipinski definition) is 7. The van der Waals surface area contributed by atoms with Crippen molar-refractivity contribution in [3.05, 3.63) is 53.7 Å². The first kappa shape index (κ1) is 17.8. The van der Waals surface area contributed by atoms with Gasteiger partial charge in [-0.05, 0) is 35.7 Å². The summed E-state index contributed by atoms with van der Waals surface area (Å²) in [5, 5.41) is 9.20. The Balaban J connectivity index is 1.41. The lowest BCUT2D eigenvalue weighted by Crippen LogP contribution is -2.50. The molecule has 0 saturated carbocycles. The van der Waals surface area contributed by atoms with Crippen molar-refractivity contribution in [1.82, 2.24) is 19.4 Å². The molecule has 0 atom stereocenters. The number of carbonyl (C=O) groups is 1. The maximum Gasteiger partial charge on any atom is 0.253 e. The molecule has 2 aromatic heterocycles. The van der Waals surface area contributed by atoms with Gasteiger partial charge in [-0.15, -0.1) is 21.5 Å². The number of amides is 1. The smallest absolute Gasteiger partial charge is 0.253 e. The Morgan fingerprint density at radius 3 is 2.41 bits per heavy atom. The number of carbonyl (C=O) groups excluding carboxylic acids is 1. The Kier molecular flexibility index (Phi) is 4.77. The van der Waals surface area contributed by atoms with Gasteiger partial charge in [-0.3, -0.25) is 4.79 Å². The first-order valence-electron chi connectivity index (χ1n) is 8.25. The summed E-state index contributed by atoms with van der Waals surface area (Å²) < 4.78 is 32.0. The van der Waals surface area contributed by atoms with Crippen LogP contribution in [0.5, 0.6) is 0 Å². The predicted molar refractivity (Wildman–Crippen MR) is 98.7 cm³/mol. The van der Waals surface area contributed by atoms with E-state index in [2.05, 4.69) is 10.2 Å². The van der Waals surface area contributed by atoms with E-state index in [-0.39, 0.29) is 19.0 Å². The van der Waals surface area contributed by atoms with E-state index in [4.69, 9.17) is 4.42 Å². The van der Waals surface area contributed by atoms with Crippen LogP contribution in [0.2, 0.25) is 0 Å². The minimum absolute atomic E-state index is 0.125. The Morgan fingerprint density at radius 1 is 1.07 bits per heavy atom. The quantitative estimate of drug-likeness (QED) is 0.659. The van der Waals surface area contributed by atoms with Gasteiger partial charge in [0.2, 0.25) is 12.3 Å². The van der Waals surface area contributed by atoms with Crippen molar-refractivity contribution in [2.75, 3.05) is 26.2 Å². The molecule has 0 bridgehead atoms. The highest BCUT2D eigenvalue weighted by Gasteiger charge is 2.31. The van der Waals surface area contributed by atoms with Gasteiger partial charge in [0, 0.05) is 37.3 Å². The lowest BCUT2D eigenvalue weighted by atomic mass is 10.1. The number of piperazine rings is 1. The van der Waals surface area contributed by atoms with E-state index in [1.54, 1.807) is 46.7 Å². The summed E-state index contributed by atoms with van der Waals surface area (Å²) in [5.41, 5.74) is 1.27. The highest BCUT2D eigenvalue weighted by Crippen LogP contribution is 2.23. The fraction of sp³-hybridized carbons (Fsp3) is 0.235. The van der Waals surface area contributed by atoms with E-state index in [1.165, 1.54) is 22.0 Å². The van der Waals surface area contributed by atoms with Gasteiger partial charge >= 0.3 is 0 Å². The lowest BCUT2D eigenvalue weighted by Gasteiger charge is -2.33. The summed E-state index contributed by atoms with van der Waals surface area (Å²) in [6, 6.07) is 10.2. The Labute approximate surface area is 160 Å². The minimum Gasteiger partial charge on any atom is -0.423 e. The third kappa shape index (κ3) is 3.51. The number of nitrogens with zero attached hydrogens (tertiary/aromatic N) is 4. The van der Waals surface area contributed by atoms with E-state index in [9.17, 15) is 13.2 Å². The molecule has 27 heavy (non-hydrogen) atoms. The SMILES string of the molecule is O=C(c1ccc(-c2nnco2)cc1)N1CCN(S(=O)(=O)c2cccs2)CC1. The topological polar surface area (TPSA) is 96.6 Å². The van der Waals surface area contributed by atoms with Gasteiger partial charge in [-0.1, -0.05) is 6.07 Å². The van der Waals surface area contributed by atoms with Crippen LogP contribution in [0.25, 0.3) is 11.5 Å². The molecule has 4 rings (SSSR count). The second-order valence-corrected chi connectivity index (χ2v) is 9.06. The molecular formula is C17H16N4O4S2. The van der Waals surface area contributed by atoms with Crippen molar-refractivity contribution < 1.29 is 17.6 Å². The number of rotatable bonds is 4. The van der Waals surface area contributed by atoms with Gasteiger partial charge in [0.25, 0.3) is 15.9 Å². The molecule has 0 aliphatic carbocycles. The molecule has 1 fully saturated rings. The van der Waals surface area contributed by atoms with Crippen LogP contribution in [-0.2, 0) is 10.0 Å². The Hall–Kier alpha value is -2.56. The zero-order chi connectivity index (χ0) is 18.9. The standard InChI is InChI=1S/C17H16N4O4S2/c22-17(14-5-3-13(4-6-14)16-19-18-12-25-16)20-7-9-21(10-8-20)27(23,24)15-2-1-11-26-15/h1-6,11-12H,7-10H2. The maximum absolute atomic E-state index is 12.7. The monoisotopic (exact) mass is 404 g/mol. The molecule has 8 nitrogen and oxygen atoms in total. The van der Waals surface area contributed by atoms with Crippen LogP contribution in [0.15, 0.2) is 56.8 Å². The molecule has 0 spiro atoms. The average Bonchev–Trinajstić information content (AvgIpc) is 3.42. The number of thiophene rings is 1. The molecule has 3 heterocycles. The number of benzene rings is 1. The molecule has 0 N–H and O–H groups in total. The van der Waals surface area contributed by atoms with Crippen molar-refractivity contribution in [3.63, 3.8) is 0 Å². The normalized spacial score (nSPS) is 15.8. The average molecular weight is 404 g/mol. The molecule has 1 saturated heterocycles. The molecule has 1 aliphatic heterocycles. The fourth-order valence-electron chi connectivity index (χ4n) is 2.91. The summed E-state index contributed by atoms with van der Waals surface area (Å²) in [4.78, 5) is 14.4. The molecule has 0 unspecified atom stereocenters. The van der Waals surface area contributed by atoms with Crippen LogP contribution in [0, 0.1) is 0 Å². The predicted octanol–water partition coefficient (Wildman–Crippen LogP) is 1.94. The van der Waals surface area contributed by atoms with Crippen LogP contribution >= 0.6 is 11.3 Å². The zero-order valence-corrected chi connectivity index (χ0v) is 15.8. The number of aromatic nitrogens is 2. The fourth-order valence-corrected chi connectivity index (χ4v) is 5.47. The molecule has 140 valence electrons. The van der Waals surface area contributed by atoms with Gasteiger partial charge in [0.1, 0.15) is 4.21 Å². The molecule has 1 aliphatic rings. The molecule has 0 radical (unpaired) electrons. The molecule has 10 heteroatoms. The van der Waals surface area contributed by atoms with Crippen LogP contribution in [0.3, 0.4) is 0 Å². The van der Waals surface area contributed by atoms with Crippen molar-refractivity contribution in [1.29, 1.82) is 0 Å². The van der Waals surface area contributed by atoms with Crippen molar-refractivity contribution >= 4 is 27.3 Å². The molecular weight excluding hydrogens is 388 g/mol. The second kappa shape index (κ2) is 7.22. The highest BCUT2D eigenvalue weighted by atomic mass is 32.2. The summed E-state index contributed by atoms with van der Waals surface area (Å²) in [6.07, 6.45) is 1.25. The first-order chi connectivity index (χ1) is 13.1. The Morgan fingerprint density at radius 2 is 1.81 bits per heavy atom. The van der Waals surface area contributed by atoms with Crippen molar-refractivity contribution in [2.45, 2.75) is 4.21 Å². The summed E-state index contributed by atoms with van der Waals surface area (Å²) in [7, 11) is -3.47. The van der Waals surface area contributed by atoms with Gasteiger partial charge in [-0.25, -0.2) is 8.42 Å². The van der Waals surface area contributed by atoms with E-state index < -0.39 is 10.0 Å². The number of hydrogen-bond donors (Lipinski definition) is 0. The minimum atomic E-state index is -3.47. The van der Waals surface area contributed by atoms with Gasteiger partial charge in [-0.2, -0.15) is 4.31 Å². The van der Waals surface area contributed by atoms with Gasteiger partial charge < -0.3 is 9.32 Å².